The molecule has 1 aliphatic heterocycles. The number of hydrogen-bond donors (Lipinski definition) is 1. The van der Waals surface area contributed by atoms with Gasteiger partial charge in [-0.15, -0.1) is 0 Å². The number of rotatable bonds is 0. The van der Waals surface area contributed by atoms with Crippen LogP contribution in [0, 0.1) is 6.92 Å². The summed E-state index contributed by atoms with van der Waals surface area (Å²) >= 11 is 0. The summed E-state index contributed by atoms with van der Waals surface area (Å²) in [5.41, 5.74) is 6.15. The van der Waals surface area contributed by atoms with E-state index in [1.54, 1.807) is 11.1 Å². The van der Waals surface area contributed by atoms with E-state index < -0.39 is 0 Å². The largest absolute Gasteiger partial charge is 0.385 e. The van der Waals surface area contributed by atoms with Crippen LogP contribution in [-0.4, -0.2) is 6.54 Å². The molecule has 2 rings (SSSR count). The van der Waals surface area contributed by atoms with Crippen molar-refractivity contribution in [2.75, 3.05) is 11.9 Å². The molecule has 0 atom stereocenters. The third kappa shape index (κ3) is 1.88. The van der Waals surface area contributed by atoms with Crippen LogP contribution < -0.4 is 5.32 Å². The first-order valence-electron chi connectivity index (χ1n) is 5.87. The zero-order valence-electron chi connectivity index (χ0n) is 10.3. The predicted molar refractivity (Wildman–Crippen MR) is 66.7 cm³/mol. The topological polar surface area (TPSA) is 12.0 Å². The number of aryl methyl sites for hydroxylation is 1. The summed E-state index contributed by atoms with van der Waals surface area (Å²) in [4.78, 5) is 0. The third-order valence-corrected chi connectivity index (χ3v) is 3.19. The number of nitrogens with one attached hydrogen (secondary N) is 1. The second-order valence-corrected chi connectivity index (χ2v) is 5.56. The van der Waals surface area contributed by atoms with Gasteiger partial charge in [-0.25, -0.2) is 0 Å². The summed E-state index contributed by atoms with van der Waals surface area (Å²) in [5, 5.41) is 3.50. The Hall–Kier alpha value is -0.980. The number of benzene rings is 1. The Morgan fingerprint density at radius 3 is 2.60 bits per heavy atom. The van der Waals surface area contributed by atoms with Crippen molar-refractivity contribution in [1.29, 1.82) is 0 Å². The second kappa shape index (κ2) is 3.55. The Labute approximate surface area is 92.9 Å². The molecule has 1 aromatic carbocycles. The van der Waals surface area contributed by atoms with Gasteiger partial charge in [-0.05, 0) is 47.9 Å². The minimum Gasteiger partial charge on any atom is -0.385 e. The molecule has 0 saturated heterocycles. The van der Waals surface area contributed by atoms with Crippen LogP contribution in [-0.2, 0) is 11.8 Å². The number of anilines is 1. The van der Waals surface area contributed by atoms with E-state index in [1.807, 2.05) is 0 Å². The molecule has 1 heteroatoms. The maximum atomic E-state index is 3.50. The van der Waals surface area contributed by atoms with E-state index in [0.29, 0.717) is 0 Å². The molecule has 0 aliphatic carbocycles. The van der Waals surface area contributed by atoms with Crippen molar-refractivity contribution in [2.24, 2.45) is 0 Å². The first-order valence-corrected chi connectivity index (χ1v) is 5.87. The highest BCUT2D eigenvalue weighted by Gasteiger charge is 2.23. The molecule has 0 saturated carbocycles. The summed E-state index contributed by atoms with van der Waals surface area (Å²) in [7, 11) is 0. The van der Waals surface area contributed by atoms with E-state index >= 15 is 0 Å². The summed E-state index contributed by atoms with van der Waals surface area (Å²) in [5.74, 6) is 0. The Morgan fingerprint density at radius 1 is 1.20 bits per heavy atom. The van der Waals surface area contributed by atoms with Crippen molar-refractivity contribution >= 4 is 5.69 Å². The molecule has 15 heavy (non-hydrogen) atoms. The van der Waals surface area contributed by atoms with Crippen molar-refractivity contribution in [1.82, 2.24) is 0 Å². The fourth-order valence-corrected chi connectivity index (χ4v) is 2.72. The highest BCUT2D eigenvalue weighted by atomic mass is 14.9. The lowest BCUT2D eigenvalue weighted by molar-refractivity contribution is 0.575. The van der Waals surface area contributed by atoms with Gasteiger partial charge in [-0.3, -0.25) is 0 Å². The van der Waals surface area contributed by atoms with E-state index in [-0.39, 0.29) is 5.41 Å². The Kier molecular flexibility index (Phi) is 2.49. The van der Waals surface area contributed by atoms with Crippen LogP contribution in [0.15, 0.2) is 12.1 Å². The third-order valence-electron chi connectivity index (χ3n) is 3.19. The zero-order chi connectivity index (χ0) is 11.1. The Morgan fingerprint density at radius 2 is 1.93 bits per heavy atom. The van der Waals surface area contributed by atoms with Crippen LogP contribution in [0.4, 0.5) is 5.69 Å². The quantitative estimate of drug-likeness (QED) is 0.678. The van der Waals surface area contributed by atoms with Gasteiger partial charge in [0.2, 0.25) is 0 Å². The van der Waals surface area contributed by atoms with Crippen LogP contribution >= 0.6 is 0 Å². The molecule has 0 bridgehead atoms. The van der Waals surface area contributed by atoms with E-state index in [1.165, 1.54) is 24.1 Å². The molecule has 0 spiro atoms. The monoisotopic (exact) mass is 203 g/mol. The zero-order valence-corrected chi connectivity index (χ0v) is 10.3. The second-order valence-electron chi connectivity index (χ2n) is 5.56. The standard InChI is InChI=1S/C14H21N/c1-10-7-8-12-11(6-5-9-15-12)13(10)14(2,3)4/h7-8,15H,5-6,9H2,1-4H3. The molecule has 1 nitrogen and oxygen atoms in total. The molecule has 1 aliphatic rings. The van der Waals surface area contributed by atoms with Crippen LogP contribution in [0.2, 0.25) is 0 Å². The lowest BCUT2D eigenvalue weighted by Gasteiger charge is -2.30. The van der Waals surface area contributed by atoms with Gasteiger partial charge in [0.1, 0.15) is 0 Å². The molecular weight excluding hydrogens is 182 g/mol. The first kappa shape index (κ1) is 10.5. The first-order chi connectivity index (χ1) is 7.00. The average Bonchev–Trinajstić information content (AvgIpc) is 2.15. The minimum absolute atomic E-state index is 0.258. The average molecular weight is 203 g/mol. The molecule has 1 N–H and O–H groups in total. The van der Waals surface area contributed by atoms with Gasteiger partial charge < -0.3 is 5.32 Å². The van der Waals surface area contributed by atoms with Crippen LogP contribution in [0.3, 0.4) is 0 Å². The smallest absolute Gasteiger partial charge is 0.0375 e. The highest BCUT2D eigenvalue weighted by Crippen LogP contribution is 2.35. The van der Waals surface area contributed by atoms with E-state index in [9.17, 15) is 0 Å². The fourth-order valence-electron chi connectivity index (χ4n) is 2.72. The van der Waals surface area contributed by atoms with E-state index in [4.69, 9.17) is 0 Å². The van der Waals surface area contributed by atoms with E-state index in [0.717, 1.165) is 6.54 Å². The summed E-state index contributed by atoms with van der Waals surface area (Å²) in [6.45, 7) is 10.3. The molecule has 1 heterocycles. The maximum Gasteiger partial charge on any atom is 0.0375 e. The van der Waals surface area contributed by atoms with Crippen molar-refractivity contribution < 1.29 is 0 Å². The van der Waals surface area contributed by atoms with E-state index in [2.05, 4.69) is 45.1 Å². The summed E-state index contributed by atoms with van der Waals surface area (Å²) in [6, 6.07) is 4.48. The molecule has 82 valence electrons. The molecule has 0 unspecified atom stereocenters. The van der Waals surface area contributed by atoms with Gasteiger partial charge >= 0.3 is 0 Å². The fraction of sp³-hybridized carbons (Fsp3) is 0.571. The lowest BCUT2D eigenvalue weighted by Crippen LogP contribution is -2.21. The van der Waals surface area contributed by atoms with Crippen molar-refractivity contribution in [2.45, 2.75) is 46.0 Å². The molecule has 0 radical (unpaired) electrons. The molecule has 0 amide bonds. The van der Waals surface area contributed by atoms with Gasteiger partial charge in [0.25, 0.3) is 0 Å². The molecule has 1 aromatic rings. The van der Waals surface area contributed by atoms with Crippen LogP contribution in [0.1, 0.15) is 43.9 Å². The molecule has 0 fully saturated rings. The molecule has 0 aromatic heterocycles. The van der Waals surface area contributed by atoms with Gasteiger partial charge in [-0.2, -0.15) is 0 Å². The van der Waals surface area contributed by atoms with Gasteiger partial charge in [0.15, 0.2) is 0 Å². The predicted octanol–water partition coefficient (Wildman–Crippen LogP) is 3.65. The maximum absolute atomic E-state index is 3.50. The number of fused-ring (bicyclic) bond motifs is 1. The highest BCUT2D eigenvalue weighted by molar-refractivity contribution is 5.60. The van der Waals surface area contributed by atoms with Crippen molar-refractivity contribution in [3.63, 3.8) is 0 Å². The molecular formula is C14H21N. The van der Waals surface area contributed by atoms with Gasteiger partial charge in [-0.1, -0.05) is 26.8 Å². The minimum atomic E-state index is 0.258. The summed E-state index contributed by atoms with van der Waals surface area (Å²) in [6.07, 6.45) is 2.50. The van der Waals surface area contributed by atoms with Crippen molar-refractivity contribution in [3.8, 4) is 0 Å². The van der Waals surface area contributed by atoms with Gasteiger partial charge in [0.05, 0.1) is 0 Å². The number of hydrogen-bond acceptors (Lipinski definition) is 1. The van der Waals surface area contributed by atoms with Crippen LogP contribution in [0.25, 0.3) is 0 Å². The SMILES string of the molecule is Cc1ccc2c(c1C(C)(C)C)CCCN2. The lowest BCUT2D eigenvalue weighted by atomic mass is 9.78. The Bertz CT molecular complexity index is 372. The van der Waals surface area contributed by atoms with Gasteiger partial charge in [0, 0.05) is 12.2 Å². The van der Waals surface area contributed by atoms with Crippen LogP contribution in [0.5, 0.6) is 0 Å². The summed E-state index contributed by atoms with van der Waals surface area (Å²) < 4.78 is 0. The normalized spacial score (nSPS) is 15.7. The Balaban J connectivity index is 2.60. The van der Waals surface area contributed by atoms with Crippen molar-refractivity contribution in [3.05, 3.63) is 28.8 Å².